The van der Waals surface area contributed by atoms with Gasteiger partial charge >= 0.3 is 6.18 Å². The SMILES string of the molecule is COc1cc(C(F)(F)F)ccc1C1=c2ccncc2=C(N)CCN1. The van der Waals surface area contributed by atoms with Crippen LogP contribution < -0.4 is 26.2 Å². The van der Waals surface area contributed by atoms with E-state index in [1.807, 2.05) is 0 Å². The molecule has 1 aromatic carbocycles. The van der Waals surface area contributed by atoms with E-state index in [0.29, 0.717) is 29.9 Å². The molecule has 2 aromatic rings. The second-order valence-corrected chi connectivity index (χ2v) is 5.41. The highest BCUT2D eigenvalue weighted by molar-refractivity contribution is 5.71. The molecule has 0 saturated carbocycles. The van der Waals surface area contributed by atoms with Crippen molar-refractivity contribution in [2.75, 3.05) is 13.7 Å². The van der Waals surface area contributed by atoms with E-state index >= 15 is 0 Å². The van der Waals surface area contributed by atoms with Crippen LogP contribution in [0.2, 0.25) is 0 Å². The normalized spacial score (nSPS) is 14.7. The number of nitrogens with zero attached hydrogens (tertiary/aromatic N) is 1. The molecule has 0 amide bonds. The molecule has 24 heavy (non-hydrogen) atoms. The van der Waals surface area contributed by atoms with Crippen LogP contribution in [0.4, 0.5) is 13.2 Å². The van der Waals surface area contributed by atoms with Gasteiger partial charge in [0.05, 0.1) is 18.4 Å². The number of nitrogens with one attached hydrogen (secondary N) is 1. The first-order valence-corrected chi connectivity index (χ1v) is 7.34. The topological polar surface area (TPSA) is 60.2 Å². The third kappa shape index (κ3) is 2.89. The van der Waals surface area contributed by atoms with Crippen molar-refractivity contribution < 1.29 is 17.9 Å². The van der Waals surface area contributed by atoms with Crippen molar-refractivity contribution in [2.45, 2.75) is 12.6 Å². The first-order chi connectivity index (χ1) is 11.4. The summed E-state index contributed by atoms with van der Waals surface area (Å²) in [5.41, 5.74) is 7.24. The second kappa shape index (κ2) is 6.07. The highest BCUT2D eigenvalue weighted by atomic mass is 19.4. The smallest absolute Gasteiger partial charge is 0.416 e. The lowest BCUT2D eigenvalue weighted by Gasteiger charge is -2.16. The van der Waals surface area contributed by atoms with Crippen LogP contribution in [-0.4, -0.2) is 18.6 Å². The maximum Gasteiger partial charge on any atom is 0.416 e. The highest BCUT2D eigenvalue weighted by Gasteiger charge is 2.31. The summed E-state index contributed by atoms with van der Waals surface area (Å²) in [6.45, 7) is 0.569. The van der Waals surface area contributed by atoms with Gasteiger partial charge in [0.15, 0.2) is 0 Å². The minimum absolute atomic E-state index is 0.149. The van der Waals surface area contributed by atoms with Gasteiger partial charge in [-0.25, -0.2) is 0 Å². The van der Waals surface area contributed by atoms with Crippen molar-refractivity contribution in [1.82, 2.24) is 10.3 Å². The van der Waals surface area contributed by atoms with E-state index in [0.717, 1.165) is 22.6 Å². The van der Waals surface area contributed by atoms with E-state index in [1.165, 1.54) is 13.2 Å². The maximum absolute atomic E-state index is 12.9. The standard InChI is InChI=1S/C17H16F3N3O/c1-24-15-8-10(17(18,19)20)2-3-12(15)16-11-4-6-22-9-13(11)14(21)5-7-23-16/h2-4,6,8-9,23H,5,7,21H2,1H3. The molecule has 1 aromatic heterocycles. The average Bonchev–Trinajstić information content (AvgIpc) is 2.73. The zero-order valence-corrected chi connectivity index (χ0v) is 12.9. The van der Waals surface area contributed by atoms with Crippen molar-refractivity contribution in [3.63, 3.8) is 0 Å². The van der Waals surface area contributed by atoms with Crippen LogP contribution in [0.1, 0.15) is 17.5 Å². The monoisotopic (exact) mass is 335 g/mol. The molecule has 1 aliphatic heterocycles. The Kier molecular flexibility index (Phi) is 4.09. The number of halogens is 3. The third-order valence-electron chi connectivity index (χ3n) is 3.93. The number of aromatic nitrogens is 1. The van der Waals surface area contributed by atoms with Crippen LogP contribution in [0.15, 0.2) is 36.7 Å². The lowest BCUT2D eigenvalue weighted by atomic mass is 10.0. The molecule has 126 valence electrons. The molecule has 0 fully saturated rings. The Balaban J connectivity index is 2.30. The first kappa shape index (κ1) is 16.2. The van der Waals surface area contributed by atoms with Gasteiger partial charge < -0.3 is 15.8 Å². The summed E-state index contributed by atoms with van der Waals surface area (Å²) in [7, 11) is 1.35. The van der Waals surface area contributed by atoms with E-state index in [9.17, 15) is 13.2 Å². The highest BCUT2D eigenvalue weighted by Crippen LogP contribution is 2.34. The number of nitrogens with two attached hydrogens (primary N) is 1. The molecule has 0 bridgehead atoms. The Hall–Kier alpha value is -2.70. The number of benzene rings is 1. The summed E-state index contributed by atoms with van der Waals surface area (Å²) in [6.07, 6.45) is -0.525. The zero-order valence-electron chi connectivity index (χ0n) is 12.9. The van der Waals surface area contributed by atoms with Crippen LogP contribution in [0.25, 0.3) is 11.4 Å². The van der Waals surface area contributed by atoms with Gasteiger partial charge in [0, 0.05) is 47.1 Å². The van der Waals surface area contributed by atoms with Crippen LogP contribution in [0.3, 0.4) is 0 Å². The molecule has 0 aliphatic carbocycles. The fraction of sp³-hybridized carbons (Fsp3) is 0.235. The predicted molar refractivity (Wildman–Crippen MR) is 84.2 cm³/mol. The van der Waals surface area contributed by atoms with Gasteiger partial charge in [0.1, 0.15) is 5.75 Å². The summed E-state index contributed by atoms with van der Waals surface area (Å²) in [4.78, 5) is 4.09. The quantitative estimate of drug-likeness (QED) is 0.869. The first-order valence-electron chi connectivity index (χ1n) is 7.34. The fourth-order valence-electron chi connectivity index (χ4n) is 2.73. The number of hydrogen-bond donors (Lipinski definition) is 2. The lowest BCUT2D eigenvalue weighted by molar-refractivity contribution is -0.137. The number of alkyl halides is 3. The van der Waals surface area contributed by atoms with Gasteiger partial charge in [-0.05, 0) is 24.3 Å². The van der Waals surface area contributed by atoms with Crippen molar-refractivity contribution in [3.05, 3.63) is 58.2 Å². The number of fused-ring (bicyclic) bond motifs is 1. The summed E-state index contributed by atoms with van der Waals surface area (Å²) in [5.74, 6) is 0.149. The Labute approximate surface area is 136 Å². The minimum atomic E-state index is -4.42. The number of hydrogen-bond acceptors (Lipinski definition) is 4. The summed E-state index contributed by atoms with van der Waals surface area (Å²) in [6, 6.07) is 5.25. The van der Waals surface area contributed by atoms with Gasteiger partial charge in [-0.3, -0.25) is 4.98 Å². The predicted octanol–water partition coefficient (Wildman–Crippen LogP) is 1.33. The fourth-order valence-corrected chi connectivity index (χ4v) is 2.73. The molecule has 0 unspecified atom stereocenters. The number of pyridine rings is 1. The molecule has 4 nitrogen and oxygen atoms in total. The van der Waals surface area contributed by atoms with Crippen LogP contribution in [0.5, 0.6) is 5.75 Å². The molecular formula is C17H16F3N3O. The van der Waals surface area contributed by atoms with Crippen LogP contribution >= 0.6 is 0 Å². The summed E-state index contributed by atoms with van der Waals surface area (Å²) in [5, 5.41) is 4.81. The van der Waals surface area contributed by atoms with Crippen molar-refractivity contribution >= 4 is 11.4 Å². The largest absolute Gasteiger partial charge is 0.496 e. The molecule has 0 spiro atoms. The van der Waals surface area contributed by atoms with E-state index in [4.69, 9.17) is 10.5 Å². The molecular weight excluding hydrogens is 319 g/mol. The third-order valence-corrected chi connectivity index (χ3v) is 3.93. The molecule has 3 N–H and O–H groups in total. The molecule has 2 heterocycles. The van der Waals surface area contributed by atoms with Gasteiger partial charge in [0.25, 0.3) is 0 Å². The van der Waals surface area contributed by atoms with Gasteiger partial charge in [-0.1, -0.05) is 0 Å². The average molecular weight is 335 g/mol. The Morgan fingerprint density at radius 2 is 2.00 bits per heavy atom. The molecule has 1 aliphatic rings. The molecule has 3 rings (SSSR count). The van der Waals surface area contributed by atoms with Crippen LogP contribution in [-0.2, 0) is 6.18 Å². The summed E-state index contributed by atoms with van der Waals surface area (Å²) >= 11 is 0. The number of methoxy groups -OCH3 is 1. The minimum Gasteiger partial charge on any atom is -0.496 e. The Bertz CT molecular complexity index is 891. The maximum atomic E-state index is 12.9. The van der Waals surface area contributed by atoms with Crippen molar-refractivity contribution in [1.29, 1.82) is 0 Å². The molecule has 7 heteroatoms. The number of ether oxygens (including phenoxy) is 1. The van der Waals surface area contributed by atoms with Crippen molar-refractivity contribution in [2.24, 2.45) is 5.73 Å². The van der Waals surface area contributed by atoms with E-state index in [-0.39, 0.29) is 5.75 Å². The molecule has 0 radical (unpaired) electrons. The van der Waals surface area contributed by atoms with E-state index in [1.54, 1.807) is 18.5 Å². The molecule has 0 atom stereocenters. The van der Waals surface area contributed by atoms with E-state index < -0.39 is 11.7 Å². The van der Waals surface area contributed by atoms with Gasteiger partial charge in [-0.15, -0.1) is 0 Å². The van der Waals surface area contributed by atoms with E-state index in [2.05, 4.69) is 10.3 Å². The zero-order chi connectivity index (χ0) is 17.3. The summed E-state index contributed by atoms with van der Waals surface area (Å²) < 4.78 is 44.0. The Morgan fingerprint density at radius 3 is 2.71 bits per heavy atom. The van der Waals surface area contributed by atoms with Crippen molar-refractivity contribution in [3.8, 4) is 5.75 Å². The molecule has 0 saturated heterocycles. The number of rotatable bonds is 2. The Morgan fingerprint density at radius 1 is 1.21 bits per heavy atom. The van der Waals surface area contributed by atoms with Gasteiger partial charge in [0.2, 0.25) is 0 Å². The van der Waals surface area contributed by atoms with Crippen LogP contribution in [0, 0.1) is 0 Å². The lowest BCUT2D eigenvalue weighted by Crippen LogP contribution is -2.33. The van der Waals surface area contributed by atoms with Gasteiger partial charge in [-0.2, -0.15) is 13.2 Å². The second-order valence-electron chi connectivity index (χ2n) is 5.41.